The molecule has 0 aromatic carbocycles. The number of H-pyrrole nitrogens is 1. The maximum Gasteiger partial charge on any atom is 0.353 e. The van der Waals surface area contributed by atoms with Crippen molar-refractivity contribution >= 4 is 81.1 Å². The van der Waals surface area contributed by atoms with Crippen LogP contribution in [0.5, 0.6) is 0 Å². The van der Waals surface area contributed by atoms with Crippen LogP contribution in [0.2, 0.25) is 0 Å². The Labute approximate surface area is 286 Å². The molecule has 4 atom stereocenters. The third-order valence-corrected chi connectivity index (χ3v) is 7.07. The SMILES string of the molecule is CC.CC.CCn1c(=O)nc(C)n(PC)c1=O.CPN=C(C)N.CPNC(N)=S.CPn1c(C)nc(=O)[nH]c1=O.O=C=NC(=O)Cl. The van der Waals surface area contributed by atoms with Crippen molar-refractivity contribution in [1.29, 1.82) is 0 Å². The molecule has 0 aliphatic carbocycles. The normalized spacial score (nSPS) is 9.98. The molecule has 6 N–H and O–H groups in total. The number of rotatable bonds is 5. The standard InChI is InChI=1S/C7H12N3O2P.C5H8N3O2P.C3H9N2P.C2ClNO2.C2H7N2PS.2C2H6/c1-4-9-6(11)8-5(2)10(13-3)7(9)12;1-3-6-4(9)7-5(10)8(3)11-2;1-3(4)5-6-2;3-2(6)4-1-5;1-5-4-2(3)6;2*1-2/h13H,4H2,1-3H3;11H,1-2H3,(H,7,9,10);6H,1-2H3,(H2,4,5);;5H,1H3,(H3,3,4,6);2*1-2H3. The molecule has 0 spiro atoms. The first-order valence-corrected chi connectivity index (χ1v) is 19.9. The number of nitrogens with zero attached hydrogens (tertiary/aromatic N) is 7. The number of amidine groups is 1. The van der Waals surface area contributed by atoms with Crippen molar-refractivity contribution in [2.75, 3.05) is 26.7 Å². The molecule has 0 aliphatic rings. The molecule has 2 heterocycles. The molecule has 1 amide bonds. The number of hydrogen-bond donors (Lipinski definition) is 4. The fourth-order valence-corrected chi connectivity index (χ4v) is 4.49. The molecule has 46 heavy (non-hydrogen) atoms. The van der Waals surface area contributed by atoms with Gasteiger partial charge in [0.2, 0.25) is 6.08 Å². The molecule has 0 saturated carbocycles. The van der Waals surface area contributed by atoms with Gasteiger partial charge in [-0.25, -0.2) is 28.5 Å². The third kappa shape index (κ3) is 28.9. The van der Waals surface area contributed by atoms with Crippen LogP contribution >= 0.6 is 58.7 Å². The summed E-state index contributed by atoms with van der Waals surface area (Å²) in [5.74, 6) is 1.62. The molecule has 0 radical (unpaired) electrons. The first kappa shape index (κ1) is 53.0. The van der Waals surface area contributed by atoms with Crippen LogP contribution in [0, 0.1) is 13.8 Å². The second-order valence-electron chi connectivity index (χ2n) is 6.65. The Balaban J connectivity index is -0.000000154. The molecule has 2 rings (SSSR count). The van der Waals surface area contributed by atoms with Gasteiger partial charge in [-0.3, -0.25) is 23.2 Å². The number of isocyanates is 1. The number of carbonyl (C=O) groups is 1. The summed E-state index contributed by atoms with van der Waals surface area (Å²) < 4.78 is 7.90. The minimum atomic E-state index is -1.04. The molecule has 23 heteroatoms. The number of aryl methyl sites for hydroxylation is 2. The van der Waals surface area contributed by atoms with Gasteiger partial charge in [-0.2, -0.15) is 9.97 Å². The first-order chi connectivity index (χ1) is 21.6. The van der Waals surface area contributed by atoms with Gasteiger partial charge < -0.3 is 16.6 Å². The maximum absolute atomic E-state index is 11.6. The molecule has 0 aliphatic heterocycles. The lowest BCUT2D eigenvalue weighted by Crippen LogP contribution is -2.40. The Bertz CT molecular complexity index is 1460. The molecular formula is C23H48ClN11O6P4S. The summed E-state index contributed by atoms with van der Waals surface area (Å²) in [7, 11) is 1.82. The summed E-state index contributed by atoms with van der Waals surface area (Å²) in [6.45, 7) is 22.9. The van der Waals surface area contributed by atoms with Crippen LogP contribution in [0.25, 0.3) is 0 Å². The lowest BCUT2D eigenvalue weighted by atomic mass is 10.6. The van der Waals surface area contributed by atoms with Crippen LogP contribution in [-0.2, 0) is 11.3 Å². The van der Waals surface area contributed by atoms with E-state index in [4.69, 9.17) is 16.3 Å². The summed E-state index contributed by atoms with van der Waals surface area (Å²) in [5, 5.41) is 2.09. The molecule has 264 valence electrons. The molecule has 0 saturated heterocycles. The quantitative estimate of drug-likeness (QED) is 0.0652. The average Bonchev–Trinajstić information content (AvgIpc) is 2.96. The number of aromatic nitrogens is 6. The number of amides is 1. The van der Waals surface area contributed by atoms with Gasteiger partial charge >= 0.3 is 28.1 Å². The number of nitrogens with two attached hydrogens (primary N) is 2. The highest BCUT2D eigenvalue weighted by Crippen LogP contribution is 2.05. The van der Waals surface area contributed by atoms with Gasteiger partial charge in [-0.1, -0.05) is 27.7 Å². The number of aliphatic imine (C=N–C) groups is 1. The van der Waals surface area contributed by atoms with Crippen molar-refractivity contribution in [3.05, 3.63) is 53.6 Å². The smallest absolute Gasteiger partial charge is 0.353 e. The van der Waals surface area contributed by atoms with Gasteiger partial charge in [-0.15, -0.1) is 4.99 Å². The van der Waals surface area contributed by atoms with E-state index in [2.05, 4.69) is 53.6 Å². The highest BCUT2D eigenvalue weighted by molar-refractivity contribution is 7.80. The zero-order valence-electron chi connectivity index (χ0n) is 28.2. The van der Waals surface area contributed by atoms with Crippen LogP contribution in [0.4, 0.5) is 4.79 Å². The van der Waals surface area contributed by atoms with E-state index < -0.39 is 16.7 Å². The van der Waals surface area contributed by atoms with Crippen LogP contribution in [-0.4, -0.2) is 77.2 Å². The summed E-state index contributed by atoms with van der Waals surface area (Å²) in [4.78, 5) is 74.6. The molecule has 0 bridgehead atoms. The van der Waals surface area contributed by atoms with E-state index in [9.17, 15) is 24.0 Å². The minimum absolute atomic E-state index is 0.263. The monoisotopic (exact) mass is 765 g/mol. The second kappa shape index (κ2) is 35.3. The highest BCUT2D eigenvalue weighted by Gasteiger charge is 2.06. The zero-order valence-corrected chi connectivity index (χ0v) is 33.8. The van der Waals surface area contributed by atoms with E-state index >= 15 is 0 Å². The molecule has 2 aromatic rings. The van der Waals surface area contributed by atoms with Gasteiger partial charge in [0, 0.05) is 15.3 Å². The van der Waals surface area contributed by atoms with E-state index in [-0.39, 0.29) is 11.4 Å². The van der Waals surface area contributed by atoms with Crippen molar-refractivity contribution in [2.45, 2.75) is 61.9 Å². The van der Waals surface area contributed by atoms with Crippen LogP contribution in [0.15, 0.2) is 28.9 Å². The van der Waals surface area contributed by atoms with E-state index in [1.54, 1.807) is 27.7 Å². The summed E-state index contributed by atoms with van der Waals surface area (Å²) >= 11 is 8.98. The Hall–Kier alpha value is -2.56. The second-order valence-corrected chi connectivity index (χ2v) is 10.6. The maximum atomic E-state index is 11.6. The number of hydrogen-bond acceptors (Lipinski definition) is 10. The Kier molecular flexibility index (Phi) is 40.6. The number of halogens is 1. The van der Waals surface area contributed by atoms with Gasteiger partial charge in [0.25, 0.3) is 0 Å². The van der Waals surface area contributed by atoms with Gasteiger partial charge in [0.05, 0.1) is 5.84 Å². The van der Waals surface area contributed by atoms with Crippen molar-refractivity contribution < 1.29 is 9.59 Å². The predicted octanol–water partition coefficient (Wildman–Crippen LogP) is 2.48. The number of thiocarbonyl (C=S) groups is 1. The van der Waals surface area contributed by atoms with Crippen molar-refractivity contribution in [2.24, 2.45) is 21.2 Å². The summed E-state index contributed by atoms with van der Waals surface area (Å²) in [5.41, 5.74) is 8.50. The van der Waals surface area contributed by atoms with Gasteiger partial charge in [0.1, 0.15) is 11.6 Å². The van der Waals surface area contributed by atoms with Crippen molar-refractivity contribution in [3.8, 4) is 0 Å². The lowest BCUT2D eigenvalue weighted by Gasteiger charge is -2.07. The van der Waals surface area contributed by atoms with Crippen LogP contribution in [0.3, 0.4) is 0 Å². The molecule has 4 unspecified atom stereocenters. The summed E-state index contributed by atoms with van der Waals surface area (Å²) in [6.07, 6.45) is 0.961. The highest BCUT2D eigenvalue weighted by atomic mass is 35.5. The Morgan fingerprint density at radius 2 is 1.48 bits per heavy atom. The zero-order chi connectivity index (χ0) is 37.4. The average molecular weight is 766 g/mol. The minimum Gasteiger partial charge on any atom is -0.387 e. The van der Waals surface area contributed by atoms with Crippen LogP contribution < -0.4 is 39.3 Å². The third-order valence-electron chi connectivity index (χ3n) is 3.67. The van der Waals surface area contributed by atoms with Crippen LogP contribution in [0.1, 0.15) is 53.2 Å². The molecule has 0 fully saturated rings. The first-order valence-electron chi connectivity index (χ1n) is 13.3. The fraction of sp³-hybridized carbons (Fsp3) is 0.565. The van der Waals surface area contributed by atoms with E-state index in [0.717, 1.165) is 10.6 Å². The Morgan fingerprint density at radius 3 is 1.72 bits per heavy atom. The van der Waals surface area contributed by atoms with E-state index in [0.29, 0.717) is 64.1 Å². The Morgan fingerprint density at radius 1 is 1.00 bits per heavy atom. The molecule has 17 nitrogen and oxygen atoms in total. The van der Waals surface area contributed by atoms with E-state index in [1.165, 1.54) is 8.68 Å². The molecule has 2 aromatic heterocycles. The topological polar surface area (TPSA) is 248 Å². The van der Waals surface area contributed by atoms with Gasteiger partial charge in [0.15, 0.2) is 5.11 Å². The van der Waals surface area contributed by atoms with E-state index in [1.807, 2.05) is 54.4 Å². The van der Waals surface area contributed by atoms with Crippen molar-refractivity contribution in [3.63, 3.8) is 0 Å². The predicted molar refractivity (Wildman–Crippen MR) is 204 cm³/mol. The number of carbonyl (C=O) groups excluding carboxylic acids is 2. The number of nitrogens with one attached hydrogen (secondary N) is 2. The van der Waals surface area contributed by atoms with Gasteiger partial charge in [-0.05, 0) is 104 Å². The van der Waals surface area contributed by atoms with Crippen molar-refractivity contribution in [1.82, 2.24) is 33.3 Å². The molecular weight excluding hydrogens is 718 g/mol. The summed E-state index contributed by atoms with van der Waals surface area (Å²) in [6, 6.07) is 0. The lowest BCUT2D eigenvalue weighted by molar-refractivity contribution is 0.266. The fourth-order valence-electron chi connectivity index (χ4n) is 2.24. The number of aromatic amines is 1. The largest absolute Gasteiger partial charge is 0.387 e.